The van der Waals surface area contributed by atoms with Crippen LogP contribution in [0.5, 0.6) is 0 Å². The molecular weight excluding hydrogens is 392 g/mol. The number of hydrogen-bond acceptors (Lipinski definition) is 5. The number of fused-ring (bicyclic) bond motifs is 1. The quantitative estimate of drug-likeness (QED) is 0.618. The van der Waals surface area contributed by atoms with E-state index in [9.17, 15) is 13.2 Å². The molecule has 0 bridgehead atoms. The molecule has 7 nitrogen and oxygen atoms in total. The third-order valence-corrected chi connectivity index (χ3v) is 4.72. The highest BCUT2D eigenvalue weighted by molar-refractivity contribution is 7.80. The maximum absolute atomic E-state index is 13.1. The van der Waals surface area contributed by atoms with Crippen molar-refractivity contribution < 1.29 is 22.0 Å². The first kappa shape index (κ1) is 19.3. The molecule has 2 aromatic carbocycles. The highest BCUT2D eigenvalue weighted by atomic mass is 35.5. The van der Waals surface area contributed by atoms with E-state index in [1.165, 1.54) is 0 Å². The average Bonchev–Trinajstić information content (AvgIpc) is 2.78. The molecule has 0 saturated carbocycles. The van der Waals surface area contributed by atoms with Crippen molar-refractivity contribution >= 4 is 39.3 Å². The van der Waals surface area contributed by atoms with Crippen LogP contribution in [0.2, 0.25) is 5.02 Å². The molecular formula is C18H17ClN2O5S. The van der Waals surface area contributed by atoms with Crippen molar-refractivity contribution in [2.45, 2.75) is 19.8 Å². The number of amides is 1. The van der Waals surface area contributed by atoms with Crippen LogP contribution >= 0.6 is 11.6 Å². The third kappa shape index (κ3) is 4.47. The van der Waals surface area contributed by atoms with Gasteiger partial charge in [0, 0.05) is 22.7 Å². The Morgan fingerprint density at radius 2 is 2.00 bits per heavy atom. The van der Waals surface area contributed by atoms with Gasteiger partial charge in [0.25, 0.3) is 5.91 Å². The van der Waals surface area contributed by atoms with E-state index in [4.69, 9.17) is 16.2 Å². The lowest BCUT2D eigenvalue weighted by Crippen LogP contribution is -2.32. The summed E-state index contributed by atoms with van der Waals surface area (Å²) in [5.41, 5.74) is 2.74. The van der Waals surface area contributed by atoms with Gasteiger partial charge in [0.05, 0.1) is 11.4 Å². The molecule has 1 N–H and O–H groups in total. The molecule has 9 heteroatoms. The summed E-state index contributed by atoms with van der Waals surface area (Å²) in [6.45, 7) is 2.25. The maximum Gasteiger partial charge on any atom is 0.466 e. The Bertz CT molecular complexity index is 1020. The topological polar surface area (TPSA) is 96.3 Å². The molecule has 0 aliphatic carbocycles. The summed E-state index contributed by atoms with van der Waals surface area (Å²) in [5, 5.41) is 3.99. The molecule has 1 aliphatic rings. The first-order valence-electron chi connectivity index (χ1n) is 8.16. The summed E-state index contributed by atoms with van der Waals surface area (Å²) in [6, 6.07) is 12.2. The second-order valence-electron chi connectivity index (χ2n) is 6.08. The van der Waals surface area contributed by atoms with Gasteiger partial charge in [0.2, 0.25) is 0 Å². The number of aryl methyl sites for hydroxylation is 1. The summed E-state index contributed by atoms with van der Waals surface area (Å²) in [6.07, 6.45) is 0.888. The van der Waals surface area contributed by atoms with E-state index in [2.05, 4.69) is 9.44 Å². The molecule has 0 spiro atoms. The Balaban J connectivity index is 2.08. The molecule has 3 rings (SSSR count). The number of rotatable bonds is 3. The highest BCUT2D eigenvalue weighted by Gasteiger charge is 2.27. The van der Waals surface area contributed by atoms with Crippen molar-refractivity contribution in [3.05, 3.63) is 64.2 Å². The molecule has 0 atom stereocenters. The van der Waals surface area contributed by atoms with E-state index in [1.54, 1.807) is 35.2 Å². The Morgan fingerprint density at radius 3 is 2.70 bits per heavy atom. The Kier molecular flexibility index (Phi) is 5.50. The first-order chi connectivity index (χ1) is 12.8. The standard InChI is InChI=1S/C18H17ClN2O5S/c1-12-5-2-3-6-14(12)18(22)21-10-4-7-16(20-26-27(23,24)25)15-9-8-13(19)11-17(15)21/h2-3,5-6,8-9,11H,4,7,10H2,1H3,(H,23,24,25)/b20-16+. The van der Waals surface area contributed by atoms with Gasteiger partial charge in [-0.1, -0.05) is 35.0 Å². The summed E-state index contributed by atoms with van der Waals surface area (Å²) < 4.78 is 34.7. The van der Waals surface area contributed by atoms with Gasteiger partial charge in [0.15, 0.2) is 0 Å². The van der Waals surface area contributed by atoms with Crippen LogP contribution in [-0.2, 0) is 14.7 Å². The maximum atomic E-state index is 13.1. The zero-order valence-corrected chi connectivity index (χ0v) is 16.0. The van der Waals surface area contributed by atoms with Crippen molar-refractivity contribution in [2.75, 3.05) is 11.4 Å². The lowest BCUT2D eigenvalue weighted by atomic mass is 10.0. The van der Waals surface area contributed by atoms with Crippen LogP contribution in [0.4, 0.5) is 5.69 Å². The smallest absolute Gasteiger partial charge is 0.308 e. The van der Waals surface area contributed by atoms with E-state index >= 15 is 0 Å². The largest absolute Gasteiger partial charge is 0.466 e. The summed E-state index contributed by atoms with van der Waals surface area (Å²) in [7, 11) is -4.72. The minimum atomic E-state index is -4.72. The predicted molar refractivity (Wildman–Crippen MR) is 103 cm³/mol. The number of anilines is 1. The molecule has 142 valence electrons. The SMILES string of the molecule is Cc1ccccc1C(=O)N1CCC/C(=N\OS(=O)(=O)O)c2ccc(Cl)cc21. The number of nitrogens with zero attached hydrogens (tertiary/aromatic N) is 2. The summed E-state index contributed by atoms with van der Waals surface area (Å²) in [4.78, 5) is 14.7. The van der Waals surface area contributed by atoms with Crippen LogP contribution in [0.15, 0.2) is 47.6 Å². The van der Waals surface area contributed by atoms with E-state index in [0.717, 1.165) is 5.56 Å². The van der Waals surface area contributed by atoms with E-state index in [-0.39, 0.29) is 5.91 Å². The normalized spacial score (nSPS) is 16.0. The van der Waals surface area contributed by atoms with Gasteiger partial charge in [0.1, 0.15) is 0 Å². The van der Waals surface area contributed by atoms with E-state index in [0.29, 0.717) is 46.9 Å². The first-order valence-corrected chi connectivity index (χ1v) is 9.91. The van der Waals surface area contributed by atoms with Crippen LogP contribution in [0.25, 0.3) is 0 Å². The number of benzene rings is 2. The number of oxime groups is 1. The Hall–Kier alpha value is -2.42. The lowest BCUT2D eigenvalue weighted by molar-refractivity contribution is 0.0986. The van der Waals surface area contributed by atoms with Gasteiger partial charge < -0.3 is 4.90 Å². The predicted octanol–water partition coefficient (Wildman–Crippen LogP) is 3.61. The van der Waals surface area contributed by atoms with E-state index < -0.39 is 10.4 Å². The second kappa shape index (κ2) is 7.67. The number of hydrogen-bond donors (Lipinski definition) is 1. The van der Waals surface area contributed by atoms with Crippen molar-refractivity contribution in [3.63, 3.8) is 0 Å². The Labute approximate surface area is 162 Å². The van der Waals surface area contributed by atoms with Crippen molar-refractivity contribution in [3.8, 4) is 0 Å². The fourth-order valence-corrected chi connectivity index (χ4v) is 3.34. The Morgan fingerprint density at radius 1 is 1.26 bits per heavy atom. The molecule has 0 aromatic heterocycles. The summed E-state index contributed by atoms with van der Waals surface area (Å²) >= 11 is 6.13. The molecule has 0 radical (unpaired) electrons. The van der Waals surface area contributed by atoms with E-state index in [1.807, 2.05) is 19.1 Å². The second-order valence-corrected chi connectivity index (χ2v) is 7.52. The van der Waals surface area contributed by atoms with Gasteiger partial charge in [-0.15, -0.1) is 0 Å². The van der Waals surface area contributed by atoms with Gasteiger partial charge in [-0.25, -0.2) is 4.28 Å². The highest BCUT2D eigenvalue weighted by Crippen LogP contribution is 2.31. The van der Waals surface area contributed by atoms with Gasteiger partial charge in [-0.3, -0.25) is 9.35 Å². The van der Waals surface area contributed by atoms with Gasteiger partial charge in [-0.05, 0) is 49.6 Å². The minimum absolute atomic E-state index is 0.187. The van der Waals surface area contributed by atoms with Crippen LogP contribution in [0.3, 0.4) is 0 Å². The van der Waals surface area contributed by atoms with Gasteiger partial charge in [-0.2, -0.15) is 8.42 Å². The molecule has 27 heavy (non-hydrogen) atoms. The fourth-order valence-electron chi connectivity index (χ4n) is 2.99. The van der Waals surface area contributed by atoms with Crippen molar-refractivity contribution in [1.29, 1.82) is 0 Å². The molecule has 2 aromatic rings. The van der Waals surface area contributed by atoms with Crippen molar-refractivity contribution in [2.24, 2.45) is 5.16 Å². The fraction of sp³-hybridized carbons (Fsp3) is 0.222. The molecule has 0 unspecified atom stereocenters. The third-order valence-electron chi connectivity index (χ3n) is 4.22. The number of carbonyl (C=O) groups excluding carboxylic acids is 1. The van der Waals surface area contributed by atoms with Crippen LogP contribution in [0.1, 0.15) is 34.3 Å². The average molecular weight is 409 g/mol. The minimum Gasteiger partial charge on any atom is -0.308 e. The molecule has 0 saturated heterocycles. The lowest BCUT2D eigenvalue weighted by Gasteiger charge is -2.24. The molecule has 1 aliphatic heterocycles. The van der Waals surface area contributed by atoms with Crippen LogP contribution in [-0.4, -0.2) is 31.1 Å². The molecule has 1 amide bonds. The molecule has 1 heterocycles. The van der Waals surface area contributed by atoms with Crippen molar-refractivity contribution in [1.82, 2.24) is 0 Å². The zero-order valence-electron chi connectivity index (χ0n) is 14.4. The molecule has 0 fully saturated rings. The monoisotopic (exact) mass is 408 g/mol. The summed E-state index contributed by atoms with van der Waals surface area (Å²) in [5.74, 6) is -0.187. The number of carbonyl (C=O) groups is 1. The number of halogens is 1. The van der Waals surface area contributed by atoms with Crippen LogP contribution < -0.4 is 4.90 Å². The van der Waals surface area contributed by atoms with Crippen LogP contribution in [0, 0.1) is 6.92 Å². The zero-order chi connectivity index (χ0) is 19.6. The van der Waals surface area contributed by atoms with Gasteiger partial charge >= 0.3 is 10.4 Å².